The van der Waals surface area contributed by atoms with Crippen LogP contribution in [0, 0.1) is 5.92 Å². The average Bonchev–Trinajstić information content (AvgIpc) is 3.20. The summed E-state index contributed by atoms with van der Waals surface area (Å²) in [6.45, 7) is 2.45. The number of hydrogen-bond donors (Lipinski definition) is 0. The lowest BCUT2D eigenvalue weighted by atomic mass is 9.98. The predicted octanol–water partition coefficient (Wildman–Crippen LogP) is 4.86. The Bertz CT molecular complexity index is 452. The number of hydrogen-bond acceptors (Lipinski definition) is 1. The van der Waals surface area contributed by atoms with Crippen LogP contribution in [0.15, 0.2) is 30.3 Å². The van der Waals surface area contributed by atoms with E-state index in [0.717, 1.165) is 23.3 Å². The van der Waals surface area contributed by atoms with Gasteiger partial charge in [-0.2, -0.15) is 0 Å². The van der Waals surface area contributed by atoms with Crippen LogP contribution in [0.25, 0.3) is 0 Å². The zero-order valence-corrected chi connectivity index (χ0v) is 15.4. The van der Waals surface area contributed by atoms with Crippen molar-refractivity contribution in [3.8, 4) is 0 Å². The highest BCUT2D eigenvalue weighted by Crippen LogP contribution is 2.58. The first-order chi connectivity index (χ1) is 10.7. The average molecular weight is 317 g/mol. The van der Waals surface area contributed by atoms with Crippen molar-refractivity contribution in [2.45, 2.75) is 69.2 Å². The van der Waals surface area contributed by atoms with Crippen molar-refractivity contribution in [1.82, 2.24) is 4.90 Å². The Balaban J connectivity index is 1.88. The Morgan fingerprint density at radius 3 is 2.27 bits per heavy atom. The van der Waals surface area contributed by atoms with Crippen LogP contribution in [-0.4, -0.2) is 36.4 Å². The highest BCUT2D eigenvalue weighted by molar-refractivity contribution is 7.67. The topological polar surface area (TPSA) is 3.24 Å². The van der Waals surface area contributed by atoms with Gasteiger partial charge in [-0.3, -0.25) is 0 Å². The maximum atomic E-state index is 2.45. The van der Waals surface area contributed by atoms with E-state index in [1.54, 1.807) is 5.30 Å². The molecule has 2 aliphatic carbocycles. The van der Waals surface area contributed by atoms with Gasteiger partial charge in [0.25, 0.3) is 0 Å². The summed E-state index contributed by atoms with van der Waals surface area (Å²) in [7, 11) is 4.55. The van der Waals surface area contributed by atoms with Gasteiger partial charge in [-0.25, -0.2) is 0 Å². The second-order valence-electron chi connectivity index (χ2n) is 7.55. The third-order valence-corrected chi connectivity index (χ3v) is 9.65. The van der Waals surface area contributed by atoms with Gasteiger partial charge in [0.05, 0.1) is 0 Å². The summed E-state index contributed by atoms with van der Waals surface area (Å²) in [4.78, 5) is 2.45. The normalized spacial score (nSPS) is 29.1. The summed E-state index contributed by atoms with van der Waals surface area (Å²) in [6, 6.07) is 12.3. The molecule has 122 valence electrons. The molecule has 2 saturated carbocycles. The lowest BCUT2D eigenvalue weighted by Crippen LogP contribution is -2.37. The van der Waals surface area contributed by atoms with Crippen molar-refractivity contribution in [2.24, 2.45) is 5.92 Å². The van der Waals surface area contributed by atoms with Gasteiger partial charge in [0.1, 0.15) is 0 Å². The number of rotatable bonds is 5. The molecule has 0 heterocycles. The molecule has 0 radical (unpaired) electrons. The van der Waals surface area contributed by atoms with E-state index in [0.29, 0.717) is 0 Å². The quantitative estimate of drug-likeness (QED) is 0.701. The minimum Gasteiger partial charge on any atom is -0.306 e. The fourth-order valence-corrected chi connectivity index (χ4v) is 8.77. The second kappa shape index (κ2) is 7.45. The molecule has 2 fully saturated rings. The minimum absolute atomic E-state index is 0.0188. The van der Waals surface area contributed by atoms with E-state index in [-0.39, 0.29) is 7.92 Å². The molecule has 0 bridgehead atoms. The van der Waals surface area contributed by atoms with Gasteiger partial charge < -0.3 is 4.90 Å². The largest absolute Gasteiger partial charge is 0.306 e. The second-order valence-corrected chi connectivity index (χ2v) is 10.3. The van der Waals surface area contributed by atoms with Crippen LogP contribution in [0.5, 0.6) is 0 Å². The summed E-state index contributed by atoms with van der Waals surface area (Å²) in [5.41, 5.74) is 1.95. The zero-order chi connectivity index (χ0) is 15.5. The van der Waals surface area contributed by atoms with Crippen LogP contribution >= 0.6 is 7.92 Å². The minimum atomic E-state index is 0.0188. The van der Waals surface area contributed by atoms with E-state index in [1.165, 1.54) is 44.9 Å². The van der Waals surface area contributed by atoms with Gasteiger partial charge in [0.2, 0.25) is 0 Å². The van der Waals surface area contributed by atoms with Gasteiger partial charge in [0.15, 0.2) is 0 Å². The summed E-state index contributed by atoms with van der Waals surface area (Å²) in [5, 5.41) is 1.69. The monoisotopic (exact) mass is 317 g/mol. The van der Waals surface area contributed by atoms with Crippen molar-refractivity contribution in [2.75, 3.05) is 14.1 Å². The Kier molecular flexibility index (Phi) is 5.58. The first kappa shape index (κ1) is 16.5. The van der Waals surface area contributed by atoms with Crippen molar-refractivity contribution < 1.29 is 0 Å². The lowest BCUT2D eigenvalue weighted by Gasteiger charge is -2.38. The molecule has 0 amide bonds. The van der Waals surface area contributed by atoms with E-state index >= 15 is 0 Å². The number of benzene rings is 1. The molecule has 3 rings (SSSR count). The summed E-state index contributed by atoms with van der Waals surface area (Å²) in [6.07, 6.45) is 10.3. The maximum absolute atomic E-state index is 2.45. The molecular weight excluding hydrogens is 285 g/mol. The van der Waals surface area contributed by atoms with Crippen LogP contribution in [-0.2, 0) is 0 Å². The molecule has 1 aromatic rings. The zero-order valence-electron chi connectivity index (χ0n) is 14.5. The van der Waals surface area contributed by atoms with Gasteiger partial charge in [-0.15, -0.1) is 0 Å². The molecule has 0 aliphatic heterocycles. The molecule has 1 nitrogen and oxygen atoms in total. The van der Waals surface area contributed by atoms with Crippen LogP contribution in [0.4, 0.5) is 0 Å². The number of nitrogens with zero attached hydrogens (tertiary/aromatic N) is 1. The molecule has 2 aliphatic rings. The van der Waals surface area contributed by atoms with Crippen molar-refractivity contribution >= 4 is 13.2 Å². The van der Waals surface area contributed by atoms with Gasteiger partial charge >= 0.3 is 0 Å². The van der Waals surface area contributed by atoms with Crippen LogP contribution in [0.3, 0.4) is 0 Å². The molecule has 0 aromatic heterocycles. The van der Waals surface area contributed by atoms with E-state index in [4.69, 9.17) is 0 Å². The predicted molar refractivity (Wildman–Crippen MR) is 99.5 cm³/mol. The van der Waals surface area contributed by atoms with E-state index in [9.17, 15) is 0 Å². The molecule has 2 heteroatoms. The highest BCUT2D eigenvalue weighted by atomic mass is 31.1. The third kappa shape index (κ3) is 3.41. The standard InChI is InChI=1S/C20H32NP/c1-16(21(2)3)19-14-9-15-20(19)22(18-12-7-8-13-18)17-10-5-4-6-11-17/h4-6,10-11,16,18-20H,7-9,12-15H2,1-3H3. The van der Waals surface area contributed by atoms with Crippen LogP contribution < -0.4 is 5.30 Å². The Labute approximate surface area is 138 Å². The first-order valence-corrected chi connectivity index (χ1v) is 10.7. The van der Waals surface area contributed by atoms with Crippen molar-refractivity contribution in [3.63, 3.8) is 0 Å². The molecule has 4 unspecified atom stereocenters. The van der Waals surface area contributed by atoms with Crippen molar-refractivity contribution in [3.05, 3.63) is 30.3 Å². The van der Waals surface area contributed by atoms with E-state index in [2.05, 4.69) is 56.3 Å². The molecular formula is C20H32NP. The Morgan fingerprint density at radius 2 is 1.64 bits per heavy atom. The Hall–Kier alpha value is -0.390. The van der Waals surface area contributed by atoms with E-state index in [1.807, 2.05) is 0 Å². The van der Waals surface area contributed by atoms with Gasteiger partial charge in [-0.1, -0.05) is 57.5 Å². The molecule has 0 spiro atoms. The SMILES string of the molecule is CC(C1CCCC1P(c1ccccc1)C1CCCC1)N(C)C. The molecule has 22 heavy (non-hydrogen) atoms. The maximum Gasteiger partial charge on any atom is 0.00952 e. The van der Waals surface area contributed by atoms with Crippen LogP contribution in [0.1, 0.15) is 51.9 Å². The first-order valence-electron chi connectivity index (χ1n) is 9.18. The van der Waals surface area contributed by atoms with Gasteiger partial charge in [-0.05, 0) is 69.2 Å². The van der Waals surface area contributed by atoms with Crippen LogP contribution in [0.2, 0.25) is 0 Å². The molecule has 1 aromatic carbocycles. The highest BCUT2D eigenvalue weighted by Gasteiger charge is 2.41. The smallest absolute Gasteiger partial charge is 0.00952 e. The molecule has 0 saturated heterocycles. The Morgan fingerprint density at radius 1 is 0.955 bits per heavy atom. The van der Waals surface area contributed by atoms with Crippen molar-refractivity contribution in [1.29, 1.82) is 0 Å². The summed E-state index contributed by atoms with van der Waals surface area (Å²) < 4.78 is 0. The molecule has 0 N–H and O–H groups in total. The summed E-state index contributed by atoms with van der Waals surface area (Å²) >= 11 is 0. The molecule has 4 atom stereocenters. The third-order valence-electron chi connectivity index (χ3n) is 6.10. The van der Waals surface area contributed by atoms with Gasteiger partial charge in [0, 0.05) is 6.04 Å². The fourth-order valence-electron chi connectivity index (χ4n) is 4.72. The fraction of sp³-hybridized carbons (Fsp3) is 0.700. The summed E-state index contributed by atoms with van der Waals surface area (Å²) in [5.74, 6) is 0.905. The lowest BCUT2D eigenvalue weighted by molar-refractivity contribution is 0.232. The van der Waals surface area contributed by atoms with E-state index < -0.39 is 0 Å².